The second kappa shape index (κ2) is 12.1. The van der Waals surface area contributed by atoms with E-state index in [1.807, 2.05) is 28.7 Å². The second-order valence-corrected chi connectivity index (χ2v) is 22.3. The van der Waals surface area contributed by atoms with Crippen molar-refractivity contribution in [3.63, 3.8) is 0 Å². The van der Waals surface area contributed by atoms with Crippen LogP contribution in [0.2, 0.25) is 0 Å². The molecule has 6 aromatic carbocycles. The Bertz CT molecular complexity index is 3160. The van der Waals surface area contributed by atoms with Gasteiger partial charge in [-0.25, -0.2) is 0 Å². The molecule has 0 amide bonds. The molecular weight excluding hydrogens is 772 g/mol. The van der Waals surface area contributed by atoms with Crippen LogP contribution in [0.5, 0.6) is 34.5 Å². The Morgan fingerprint density at radius 2 is 0.983 bits per heavy atom. The lowest BCUT2D eigenvalue weighted by Gasteiger charge is -2.39. The standard InChI is InChI=1S/C52H45B2NO3S2/c1-50(2,3)28-16-20-31(21-17-28)55-36-12-10-13-37-44(36)53(48-46(55)32-24-29(51(4,5)6)18-22-42(32)59-48)34-26-35-41(27-40(34)56-37)57-38-14-11-15-39-45(38)54(35)49-47(58-39)33-25-30(52(7,8)9)19-23-43(33)60-49/h10-27H,1-9H3. The van der Waals surface area contributed by atoms with Crippen LogP contribution in [0.4, 0.5) is 17.1 Å². The van der Waals surface area contributed by atoms with Crippen LogP contribution < -0.4 is 50.5 Å². The summed E-state index contributed by atoms with van der Waals surface area (Å²) in [5.41, 5.74) is 12.3. The van der Waals surface area contributed by atoms with Gasteiger partial charge < -0.3 is 19.1 Å². The van der Waals surface area contributed by atoms with Crippen LogP contribution >= 0.6 is 22.7 Å². The molecule has 0 aliphatic carbocycles. The zero-order chi connectivity index (χ0) is 41.2. The minimum absolute atomic E-state index is 0.00486. The molecule has 2 aromatic heterocycles. The molecule has 0 bridgehead atoms. The van der Waals surface area contributed by atoms with E-state index in [0.717, 1.165) is 56.8 Å². The van der Waals surface area contributed by atoms with Crippen molar-refractivity contribution in [1.82, 2.24) is 0 Å². The summed E-state index contributed by atoms with van der Waals surface area (Å²) in [7, 11) is 0. The third-order valence-corrected chi connectivity index (χ3v) is 15.6. The molecule has 0 spiro atoms. The van der Waals surface area contributed by atoms with Crippen LogP contribution in [0.3, 0.4) is 0 Å². The highest BCUT2D eigenvalue weighted by molar-refractivity contribution is 7.34. The minimum Gasteiger partial charge on any atom is -0.458 e. The topological polar surface area (TPSA) is 30.9 Å². The summed E-state index contributed by atoms with van der Waals surface area (Å²) in [6.07, 6.45) is 0. The average Bonchev–Trinajstić information content (AvgIpc) is 3.77. The molecule has 4 aliphatic rings. The van der Waals surface area contributed by atoms with Crippen molar-refractivity contribution < 1.29 is 14.2 Å². The Balaban J connectivity index is 1.10. The molecule has 6 heterocycles. The summed E-state index contributed by atoms with van der Waals surface area (Å²) in [6, 6.07) is 40.6. The monoisotopic (exact) mass is 817 g/mol. The van der Waals surface area contributed by atoms with Crippen LogP contribution in [0.1, 0.15) is 79.0 Å². The first-order chi connectivity index (χ1) is 28.6. The molecule has 0 unspecified atom stereocenters. The van der Waals surface area contributed by atoms with Gasteiger partial charge >= 0.3 is 0 Å². The molecule has 0 saturated carbocycles. The van der Waals surface area contributed by atoms with Crippen molar-refractivity contribution >= 4 is 105 Å². The van der Waals surface area contributed by atoms with Gasteiger partial charge in [0, 0.05) is 52.6 Å². The van der Waals surface area contributed by atoms with Gasteiger partial charge in [0.15, 0.2) is 0 Å². The van der Waals surface area contributed by atoms with Gasteiger partial charge in [-0.15, -0.1) is 22.7 Å². The van der Waals surface area contributed by atoms with E-state index < -0.39 is 0 Å². The van der Waals surface area contributed by atoms with Crippen LogP contribution in [0, 0.1) is 0 Å². The van der Waals surface area contributed by atoms with Gasteiger partial charge in [-0.2, -0.15) is 0 Å². The molecular formula is C52H45B2NO3S2. The molecule has 12 rings (SSSR count). The molecule has 8 heteroatoms. The van der Waals surface area contributed by atoms with Crippen molar-refractivity contribution in [2.75, 3.05) is 4.90 Å². The van der Waals surface area contributed by atoms with Crippen LogP contribution in [-0.2, 0) is 16.2 Å². The number of ether oxygens (including phenoxy) is 3. The van der Waals surface area contributed by atoms with E-state index in [2.05, 4.69) is 170 Å². The third kappa shape index (κ3) is 5.16. The summed E-state index contributed by atoms with van der Waals surface area (Å²) < 4.78 is 25.8. The molecule has 4 nitrogen and oxygen atoms in total. The molecule has 0 fully saturated rings. The number of hydrogen-bond donors (Lipinski definition) is 0. The molecule has 0 saturated heterocycles. The summed E-state index contributed by atoms with van der Waals surface area (Å²) in [5, 5.41) is 2.47. The number of anilines is 3. The predicted octanol–water partition coefficient (Wildman–Crippen LogP) is 11.1. The maximum Gasteiger partial charge on any atom is 0.273 e. The molecule has 60 heavy (non-hydrogen) atoms. The van der Waals surface area contributed by atoms with Crippen LogP contribution in [-0.4, -0.2) is 13.4 Å². The number of rotatable bonds is 1. The summed E-state index contributed by atoms with van der Waals surface area (Å²) in [5.74, 6) is 5.26. The van der Waals surface area contributed by atoms with Crippen molar-refractivity contribution in [3.05, 3.63) is 126 Å². The summed E-state index contributed by atoms with van der Waals surface area (Å²) in [6.45, 7) is 20.5. The first-order valence-electron chi connectivity index (χ1n) is 21.1. The lowest BCUT2D eigenvalue weighted by molar-refractivity contribution is 0.458. The van der Waals surface area contributed by atoms with E-state index in [9.17, 15) is 0 Å². The number of thiophene rings is 2. The molecule has 0 radical (unpaired) electrons. The second-order valence-electron chi connectivity index (χ2n) is 20.1. The Morgan fingerprint density at radius 3 is 1.62 bits per heavy atom. The smallest absolute Gasteiger partial charge is 0.273 e. The van der Waals surface area contributed by atoms with Crippen LogP contribution in [0.15, 0.2) is 109 Å². The van der Waals surface area contributed by atoms with Gasteiger partial charge in [0.2, 0.25) is 0 Å². The van der Waals surface area contributed by atoms with E-state index in [4.69, 9.17) is 14.2 Å². The quantitative estimate of drug-likeness (QED) is 0.154. The Kier molecular flexibility index (Phi) is 7.35. The van der Waals surface area contributed by atoms with Crippen molar-refractivity contribution in [2.24, 2.45) is 0 Å². The highest BCUT2D eigenvalue weighted by Crippen LogP contribution is 2.48. The average molecular weight is 818 g/mol. The van der Waals surface area contributed by atoms with E-state index in [-0.39, 0.29) is 29.7 Å². The molecule has 0 N–H and O–H groups in total. The van der Waals surface area contributed by atoms with Gasteiger partial charge in [-0.05, 0) is 110 Å². The largest absolute Gasteiger partial charge is 0.458 e. The van der Waals surface area contributed by atoms with Gasteiger partial charge in [0.1, 0.15) is 34.5 Å². The Labute approximate surface area is 360 Å². The maximum absolute atomic E-state index is 7.02. The SMILES string of the molecule is CC(C)(C)c1ccc(N2c3cccc4c3B(c3cc5c(cc3O4)Oc3cccc4c3B5c3sc5ccc(C(C)(C)C)cc5c3O4)c3sc4ccc(C(C)(C)C)cc4c32)cc1. The lowest BCUT2D eigenvalue weighted by atomic mass is 9.34. The molecule has 4 aliphatic heterocycles. The van der Waals surface area contributed by atoms with E-state index in [1.165, 1.54) is 63.0 Å². The zero-order valence-corrected chi connectivity index (χ0v) is 37.2. The number of hydrogen-bond acceptors (Lipinski definition) is 6. The lowest BCUT2D eigenvalue weighted by Crippen LogP contribution is -2.61. The number of fused-ring (bicyclic) bond motifs is 12. The fraction of sp³-hybridized carbons (Fsp3) is 0.231. The Hall–Kier alpha value is -5.43. The third-order valence-electron chi connectivity index (χ3n) is 13.1. The van der Waals surface area contributed by atoms with E-state index >= 15 is 0 Å². The van der Waals surface area contributed by atoms with E-state index in [0.29, 0.717) is 0 Å². The number of benzene rings is 6. The molecule has 0 atom stereocenters. The van der Waals surface area contributed by atoms with Crippen molar-refractivity contribution in [1.29, 1.82) is 0 Å². The van der Waals surface area contributed by atoms with Crippen molar-refractivity contribution in [2.45, 2.75) is 78.6 Å². The fourth-order valence-corrected chi connectivity index (χ4v) is 12.4. The maximum atomic E-state index is 7.02. The Morgan fingerprint density at radius 1 is 0.467 bits per heavy atom. The summed E-state index contributed by atoms with van der Waals surface area (Å²) in [4.78, 5) is 2.51. The first-order valence-corrected chi connectivity index (χ1v) is 22.8. The number of nitrogens with zero attached hydrogens (tertiary/aromatic N) is 1. The van der Waals surface area contributed by atoms with Gasteiger partial charge in [0.05, 0.1) is 5.69 Å². The van der Waals surface area contributed by atoms with Gasteiger partial charge in [0.25, 0.3) is 13.4 Å². The van der Waals surface area contributed by atoms with Gasteiger partial charge in [-0.1, -0.05) is 105 Å². The normalized spacial score (nSPS) is 14.7. The molecule has 8 aromatic rings. The molecule has 294 valence electrons. The predicted molar refractivity (Wildman–Crippen MR) is 257 cm³/mol. The fourth-order valence-electron chi connectivity index (χ4n) is 9.87. The summed E-state index contributed by atoms with van der Waals surface area (Å²) >= 11 is 3.77. The minimum atomic E-state index is -0.0428. The van der Waals surface area contributed by atoms with Crippen molar-refractivity contribution in [3.8, 4) is 34.5 Å². The van der Waals surface area contributed by atoms with Crippen LogP contribution in [0.25, 0.3) is 20.2 Å². The van der Waals surface area contributed by atoms with E-state index in [1.54, 1.807) is 0 Å². The highest BCUT2D eigenvalue weighted by atomic mass is 32.1. The zero-order valence-electron chi connectivity index (χ0n) is 35.5. The van der Waals surface area contributed by atoms with Gasteiger partial charge in [-0.3, -0.25) is 0 Å². The first kappa shape index (κ1) is 36.4. The highest BCUT2D eigenvalue weighted by Gasteiger charge is 2.48.